The number of ether oxygens (including phenoxy) is 1. The van der Waals surface area contributed by atoms with Crippen LogP contribution in [0.4, 0.5) is 0 Å². The van der Waals surface area contributed by atoms with Crippen LogP contribution < -0.4 is 11.1 Å². The average Bonchev–Trinajstić information content (AvgIpc) is 2.39. The molecule has 0 saturated heterocycles. The molecule has 1 aliphatic carbocycles. The second kappa shape index (κ2) is 7.27. The molecule has 0 radical (unpaired) electrons. The van der Waals surface area contributed by atoms with E-state index >= 15 is 0 Å². The second-order valence-electron chi connectivity index (χ2n) is 5.84. The zero-order valence-corrected chi connectivity index (χ0v) is 14.3. The first-order chi connectivity index (χ1) is 10.1. The number of hydrogen-bond donors (Lipinski definition) is 2. The molecule has 1 aromatic carbocycles. The van der Waals surface area contributed by atoms with Gasteiger partial charge in [-0.15, -0.1) is 0 Å². The standard InChI is InChI=1S/C16H24BrN3O/c1-12(10-21-2)20-15(18)19-11-16(8-3-9-16)13-4-6-14(17)7-5-13/h4-7,12H,3,8-11H2,1-2H3,(H3,18,19,20). The lowest BCUT2D eigenvalue weighted by molar-refractivity contribution is 0.179. The van der Waals surface area contributed by atoms with Gasteiger partial charge in [-0.25, -0.2) is 0 Å². The predicted molar refractivity (Wildman–Crippen MR) is 90.6 cm³/mol. The normalized spacial score (nSPS) is 18.9. The number of nitrogens with zero attached hydrogens (tertiary/aromatic N) is 1. The van der Waals surface area contributed by atoms with Gasteiger partial charge in [0.05, 0.1) is 13.2 Å². The lowest BCUT2D eigenvalue weighted by Gasteiger charge is -2.41. The van der Waals surface area contributed by atoms with Crippen LogP contribution in [0.2, 0.25) is 0 Å². The van der Waals surface area contributed by atoms with Crippen LogP contribution in [-0.4, -0.2) is 32.3 Å². The van der Waals surface area contributed by atoms with E-state index in [1.54, 1.807) is 7.11 Å². The van der Waals surface area contributed by atoms with Crippen molar-refractivity contribution in [1.82, 2.24) is 5.32 Å². The van der Waals surface area contributed by atoms with Gasteiger partial charge in [0.25, 0.3) is 0 Å². The Morgan fingerprint density at radius 3 is 2.62 bits per heavy atom. The minimum atomic E-state index is 0.164. The first kappa shape index (κ1) is 16.3. The van der Waals surface area contributed by atoms with Crippen LogP contribution in [-0.2, 0) is 10.2 Å². The van der Waals surface area contributed by atoms with Crippen molar-refractivity contribution in [2.24, 2.45) is 10.7 Å². The van der Waals surface area contributed by atoms with E-state index in [1.165, 1.54) is 24.8 Å². The van der Waals surface area contributed by atoms with Gasteiger partial charge in [-0.3, -0.25) is 4.99 Å². The summed E-state index contributed by atoms with van der Waals surface area (Å²) in [7, 11) is 1.68. The number of guanidine groups is 1. The summed E-state index contributed by atoms with van der Waals surface area (Å²) in [5.74, 6) is 0.503. The fraction of sp³-hybridized carbons (Fsp3) is 0.562. The van der Waals surface area contributed by atoms with Crippen LogP contribution in [0.25, 0.3) is 0 Å². The van der Waals surface area contributed by atoms with E-state index in [4.69, 9.17) is 10.5 Å². The molecule has 1 aliphatic rings. The van der Waals surface area contributed by atoms with Crippen LogP contribution >= 0.6 is 15.9 Å². The highest BCUT2D eigenvalue weighted by atomic mass is 79.9. The average molecular weight is 354 g/mol. The molecule has 1 atom stereocenters. The van der Waals surface area contributed by atoms with E-state index < -0.39 is 0 Å². The number of nitrogens with one attached hydrogen (secondary N) is 1. The molecular weight excluding hydrogens is 330 g/mol. The van der Waals surface area contributed by atoms with Crippen molar-refractivity contribution in [1.29, 1.82) is 0 Å². The summed E-state index contributed by atoms with van der Waals surface area (Å²) in [6.45, 7) is 3.39. The van der Waals surface area contributed by atoms with Crippen molar-refractivity contribution in [2.75, 3.05) is 20.3 Å². The molecule has 2 rings (SSSR count). The number of aliphatic imine (C=N–C) groups is 1. The highest BCUT2D eigenvalue weighted by Crippen LogP contribution is 2.44. The number of nitrogens with two attached hydrogens (primary N) is 1. The first-order valence-corrected chi connectivity index (χ1v) is 8.16. The van der Waals surface area contributed by atoms with Crippen molar-refractivity contribution in [3.05, 3.63) is 34.3 Å². The van der Waals surface area contributed by atoms with Crippen LogP contribution in [0.5, 0.6) is 0 Å². The third-order valence-corrected chi connectivity index (χ3v) is 4.66. The summed E-state index contributed by atoms with van der Waals surface area (Å²) < 4.78 is 6.20. The molecule has 0 amide bonds. The first-order valence-electron chi connectivity index (χ1n) is 7.37. The van der Waals surface area contributed by atoms with Gasteiger partial charge in [-0.2, -0.15) is 0 Å². The van der Waals surface area contributed by atoms with Crippen LogP contribution in [0, 0.1) is 0 Å². The Kier molecular flexibility index (Phi) is 5.65. The Balaban J connectivity index is 2.00. The van der Waals surface area contributed by atoms with Gasteiger partial charge in [0, 0.05) is 23.0 Å². The molecule has 4 nitrogen and oxygen atoms in total. The van der Waals surface area contributed by atoms with Crippen LogP contribution in [0.3, 0.4) is 0 Å². The highest BCUT2D eigenvalue weighted by molar-refractivity contribution is 9.10. The smallest absolute Gasteiger partial charge is 0.188 e. The molecule has 1 saturated carbocycles. The Bertz CT molecular complexity index is 483. The summed E-state index contributed by atoms with van der Waals surface area (Å²) in [5, 5.41) is 3.16. The van der Waals surface area contributed by atoms with Gasteiger partial charge < -0.3 is 15.8 Å². The van der Waals surface area contributed by atoms with Crippen molar-refractivity contribution in [3.8, 4) is 0 Å². The van der Waals surface area contributed by atoms with E-state index in [0.717, 1.165) is 11.0 Å². The molecule has 0 aliphatic heterocycles. The molecule has 0 bridgehead atoms. The summed E-state index contributed by atoms with van der Waals surface area (Å²) in [6, 6.07) is 8.75. The second-order valence-corrected chi connectivity index (χ2v) is 6.76. The molecule has 21 heavy (non-hydrogen) atoms. The minimum Gasteiger partial charge on any atom is -0.383 e. The number of halogens is 1. The predicted octanol–water partition coefficient (Wildman–Crippen LogP) is 2.81. The molecule has 116 valence electrons. The Morgan fingerprint density at radius 1 is 1.43 bits per heavy atom. The molecule has 5 heteroatoms. The lowest BCUT2D eigenvalue weighted by atomic mass is 9.64. The van der Waals surface area contributed by atoms with Gasteiger partial charge in [0.1, 0.15) is 0 Å². The van der Waals surface area contributed by atoms with Gasteiger partial charge in [0.2, 0.25) is 0 Å². The summed E-state index contributed by atoms with van der Waals surface area (Å²) in [5.41, 5.74) is 7.49. The maximum atomic E-state index is 5.97. The number of hydrogen-bond acceptors (Lipinski definition) is 2. The third kappa shape index (κ3) is 4.20. The van der Waals surface area contributed by atoms with E-state index in [-0.39, 0.29) is 11.5 Å². The molecule has 0 aromatic heterocycles. The van der Waals surface area contributed by atoms with Gasteiger partial charge in [0.15, 0.2) is 5.96 Å². The maximum absolute atomic E-state index is 5.97. The summed E-state index contributed by atoms with van der Waals surface area (Å²) in [4.78, 5) is 4.56. The minimum absolute atomic E-state index is 0.164. The topological polar surface area (TPSA) is 59.6 Å². The van der Waals surface area contributed by atoms with E-state index in [1.807, 2.05) is 6.92 Å². The quantitative estimate of drug-likeness (QED) is 0.610. The Labute approximate surface area is 135 Å². The number of rotatable bonds is 6. The third-order valence-electron chi connectivity index (χ3n) is 4.13. The monoisotopic (exact) mass is 353 g/mol. The van der Waals surface area contributed by atoms with E-state index in [2.05, 4.69) is 50.5 Å². The molecule has 0 spiro atoms. The fourth-order valence-corrected chi connectivity index (χ4v) is 3.04. The van der Waals surface area contributed by atoms with Gasteiger partial charge >= 0.3 is 0 Å². The van der Waals surface area contributed by atoms with Gasteiger partial charge in [-0.05, 0) is 37.5 Å². The summed E-state index contributed by atoms with van der Waals surface area (Å²) >= 11 is 3.49. The van der Waals surface area contributed by atoms with E-state index in [9.17, 15) is 0 Å². The number of benzene rings is 1. The maximum Gasteiger partial charge on any atom is 0.188 e. The zero-order valence-electron chi connectivity index (χ0n) is 12.7. The molecule has 1 unspecified atom stereocenters. The lowest BCUT2D eigenvalue weighted by Crippen LogP contribution is -2.43. The Morgan fingerprint density at radius 2 is 2.10 bits per heavy atom. The summed E-state index contributed by atoms with van der Waals surface area (Å²) in [6.07, 6.45) is 3.62. The fourth-order valence-electron chi connectivity index (χ4n) is 2.77. The molecule has 1 aromatic rings. The van der Waals surface area contributed by atoms with Crippen LogP contribution in [0.1, 0.15) is 31.7 Å². The van der Waals surface area contributed by atoms with E-state index in [0.29, 0.717) is 12.6 Å². The molecule has 0 heterocycles. The van der Waals surface area contributed by atoms with Crippen LogP contribution in [0.15, 0.2) is 33.7 Å². The van der Waals surface area contributed by atoms with Crippen molar-refractivity contribution in [3.63, 3.8) is 0 Å². The molecular formula is C16H24BrN3O. The van der Waals surface area contributed by atoms with Crippen molar-refractivity contribution < 1.29 is 4.74 Å². The SMILES string of the molecule is COCC(C)NC(N)=NCC1(c2ccc(Br)cc2)CCC1. The molecule has 1 fully saturated rings. The Hall–Kier alpha value is -1.07. The van der Waals surface area contributed by atoms with Crippen molar-refractivity contribution in [2.45, 2.75) is 37.6 Å². The molecule has 3 N–H and O–H groups in total. The highest BCUT2D eigenvalue weighted by Gasteiger charge is 2.38. The number of methoxy groups -OCH3 is 1. The van der Waals surface area contributed by atoms with Crippen molar-refractivity contribution >= 4 is 21.9 Å². The van der Waals surface area contributed by atoms with Gasteiger partial charge in [-0.1, -0.05) is 34.5 Å². The zero-order chi connectivity index (χ0) is 15.3. The largest absolute Gasteiger partial charge is 0.383 e.